The van der Waals surface area contributed by atoms with Crippen molar-refractivity contribution < 1.29 is 18.7 Å². The highest BCUT2D eigenvalue weighted by molar-refractivity contribution is 7.20. The summed E-state index contributed by atoms with van der Waals surface area (Å²) in [5, 5.41) is 0.633. The van der Waals surface area contributed by atoms with Gasteiger partial charge in [0.25, 0.3) is 11.1 Å². The standard InChI is InChI=1S/C20H19FN2O3S/c1-25-16-5-6-18-17(12-16)22-20(27-18)26-15-7-9-23(10-8-15)19(24)13-3-2-4-14(21)11-13/h2-6,11-12,15H,7-10H2,1H3. The van der Waals surface area contributed by atoms with Crippen LogP contribution in [-0.4, -0.2) is 42.1 Å². The number of halogens is 1. The lowest BCUT2D eigenvalue weighted by atomic mass is 10.1. The largest absolute Gasteiger partial charge is 0.497 e. The van der Waals surface area contributed by atoms with E-state index in [1.807, 2.05) is 18.2 Å². The minimum atomic E-state index is -0.397. The summed E-state index contributed by atoms with van der Waals surface area (Å²) >= 11 is 1.50. The Kier molecular flexibility index (Phi) is 4.94. The number of benzene rings is 2. The molecule has 27 heavy (non-hydrogen) atoms. The van der Waals surface area contributed by atoms with Crippen molar-refractivity contribution in [1.29, 1.82) is 0 Å². The van der Waals surface area contributed by atoms with Crippen LogP contribution >= 0.6 is 11.3 Å². The molecule has 0 aliphatic carbocycles. The Bertz CT molecular complexity index is 967. The number of rotatable bonds is 4. The summed E-state index contributed by atoms with van der Waals surface area (Å²) in [5.74, 6) is 0.232. The lowest BCUT2D eigenvalue weighted by Crippen LogP contribution is -2.41. The Balaban J connectivity index is 1.37. The molecule has 4 rings (SSSR count). The van der Waals surface area contributed by atoms with E-state index in [0.717, 1.165) is 28.8 Å². The molecule has 2 aromatic carbocycles. The second kappa shape index (κ2) is 7.52. The van der Waals surface area contributed by atoms with Crippen LogP contribution in [0.2, 0.25) is 0 Å². The van der Waals surface area contributed by atoms with E-state index in [9.17, 15) is 9.18 Å². The minimum absolute atomic E-state index is 0.0176. The maximum absolute atomic E-state index is 13.3. The van der Waals surface area contributed by atoms with Gasteiger partial charge in [-0.05, 0) is 30.3 Å². The lowest BCUT2D eigenvalue weighted by Gasteiger charge is -2.31. The van der Waals surface area contributed by atoms with Crippen molar-refractivity contribution in [1.82, 2.24) is 9.88 Å². The molecular formula is C20H19FN2O3S. The minimum Gasteiger partial charge on any atom is -0.497 e. The number of piperidine rings is 1. The van der Waals surface area contributed by atoms with E-state index in [4.69, 9.17) is 9.47 Å². The zero-order chi connectivity index (χ0) is 18.8. The zero-order valence-corrected chi connectivity index (χ0v) is 15.7. The molecule has 0 radical (unpaired) electrons. The van der Waals surface area contributed by atoms with E-state index in [-0.39, 0.29) is 12.0 Å². The fourth-order valence-corrected chi connectivity index (χ4v) is 4.05. The number of ether oxygens (including phenoxy) is 2. The number of carbonyl (C=O) groups excluding carboxylic acids is 1. The maximum atomic E-state index is 13.3. The number of aromatic nitrogens is 1. The molecule has 0 atom stereocenters. The predicted octanol–water partition coefficient (Wildman–Crippen LogP) is 4.13. The van der Waals surface area contributed by atoms with Crippen molar-refractivity contribution in [2.24, 2.45) is 0 Å². The van der Waals surface area contributed by atoms with Crippen molar-refractivity contribution >= 4 is 27.5 Å². The van der Waals surface area contributed by atoms with Crippen molar-refractivity contribution in [3.05, 3.63) is 53.8 Å². The average Bonchev–Trinajstić information content (AvgIpc) is 3.09. The summed E-state index contributed by atoms with van der Waals surface area (Å²) in [4.78, 5) is 18.8. The van der Waals surface area contributed by atoms with Gasteiger partial charge in [-0.1, -0.05) is 17.4 Å². The third kappa shape index (κ3) is 3.88. The van der Waals surface area contributed by atoms with E-state index in [0.29, 0.717) is 23.8 Å². The van der Waals surface area contributed by atoms with Crippen LogP contribution in [0.3, 0.4) is 0 Å². The third-order valence-electron chi connectivity index (χ3n) is 4.64. The fourth-order valence-electron chi connectivity index (χ4n) is 3.19. The molecule has 0 saturated carbocycles. The molecule has 1 saturated heterocycles. The number of hydrogen-bond donors (Lipinski definition) is 0. The first kappa shape index (κ1) is 17.7. The quantitative estimate of drug-likeness (QED) is 0.677. The Morgan fingerprint density at radius 2 is 2.04 bits per heavy atom. The van der Waals surface area contributed by atoms with Crippen molar-refractivity contribution in [2.45, 2.75) is 18.9 Å². The van der Waals surface area contributed by atoms with E-state index < -0.39 is 5.82 Å². The van der Waals surface area contributed by atoms with Crippen LogP contribution in [0.5, 0.6) is 10.9 Å². The first-order valence-corrected chi connectivity index (χ1v) is 9.60. The Labute approximate surface area is 160 Å². The van der Waals surface area contributed by atoms with Crippen molar-refractivity contribution in [2.75, 3.05) is 20.2 Å². The average molecular weight is 386 g/mol. The number of amides is 1. The predicted molar refractivity (Wildman–Crippen MR) is 102 cm³/mol. The number of thiazole rings is 1. The molecule has 1 fully saturated rings. The number of nitrogens with zero attached hydrogens (tertiary/aromatic N) is 2. The maximum Gasteiger partial charge on any atom is 0.274 e. The molecule has 7 heteroatoms. The molecular weight excluding hydrogens is 367 g/mol. The van der Waals surface area contributed by atoms with Gasteiger partial charge in [0.1, 0.15) is 17.7 Å². The summed E-state index contributed by atoms with van der Waals surface area (Å²) in [5.41, 5.74) is 1.24. The Morgan fingerprint density at radius 3 is 2.78 bits per heavy atom. The zero-order valence-electron chi connectivity index (χ0n) is 14.9. The van der Waals surface area contributed by atoms with Crippen LogP contribution in [0, 0.1) is 5.82 Å². The Morgan fingerprint density at radius 1 is 1.22 bits per heavy atom. The molecule has 0 spiro atoms. The fraction of sp³-hybridized carbons (Fsp3) is 0.300. The third-order valence-corrected chi connectivity index (χ3v) is 5.57. The van der Waals surface area contributed by atoms with E-state index in [1.54, 1.807) is 24.1 Å². The number of fused-ring (bicyclic) bond motifs is 1. The Hall–Kier alpha value is -2.67. The second-order valence-electron chi connectivity index (χ2n) is 6.43. The molecule has 0 unspecified atom stereocenters. The van der Waals surface area contributed by atoms with Gasteiger partial charge in [-0.25, -0.2) is 9.37 Å². The van der Waals surface area contributed by atoms with Gasteiger partial charge >= 0.3 is 0 Å². The molecule has 2 heterocycles. The van der Waals surface area contributed by atoms with Crippen LogP contribution in [0.1, 0.15) is 23.2 Å². The van der Waals surface area contributed by atoms with Gasteiger partial charge in [0.15, 0.2) is 0 Å². The number of carbonyl (C=O) groups is 1. The highest BCUT2D eigenvalue weighted by atomic mass is 32.1. The second-order valence-corrected chi connectivity index (χ2v) is 7.43. The highest BCUT2D eigenvalue weighted by Gasteiger charge is 2.25. The molecule has 0 bridgehead atoms. The summed E-state index contributed by atoms with van der Waals surface area (Å²) in [6.45, 7) is 1.16. The SMILES string of the molecule is COc1ccc2sc(OC3CCN(C(=O)c4cccc(F)c4)CC3)nc2c1. The van der Waals surface area contributed by atoms with E-state index >= 15 is 0 Å². The number of likely N-dealkylation sites (tertiary alicyclic amines) is 1. The lowest BCUT2D eigenvalue weighted by molar-refractivity contribution is 0.0595. The monoisotopic (exact) mass is 386 g/mol. The van der Waals surface area contributed by atoms with E-state index in [1.165, 1.54) is 23.5 Å². The summed E-state index contributed by atoms with van der Waals surface area (Å²) in [7, 11) is 1.63. The molecule has 3 aromatic rings. The normalized spacial score (nSPS) is 15.1. The van der Waals surface area contributed by atoms with Gasteiger partial charge in [-0.15, -0.1) is 0 Å². The van der Waals surface area contributed by atoms with Gasteiger partial charge in [-0.2, -0.15) is 0 Å². The highest BCUT2D eigenvalue weighted by Crippen LogP contribution is 2.32. The topological polar surface area (TPSA) is 51.7 Å². The van der Waals surface area contributed by atoms with Gasteiger partial charge in [0.2, 0.25) is 0 Å². The molecule has 5 nitrogen and oxygen atoms in total. The number of methoxy groups -OCH3 is 1. The summed E-state index contributed by atoms with van der Waals surface area (Å²) in [6.07, 6.45) is 1.46. The van der Waals surface area contributed by atoms with Gasteiger partial charge in [0.05, 0.1) is 17.3 Å². The van der Waals surface area contributed by atoms with Crippen LogP contribution < -0.4 is 9.47 Å². The van der Waals surface area contributed by atoms with Crippen LogP contribution in [0.15, 0.2) is 42.5 Å². The molecule has 1 aliphatic heterocycles. The smallest absolute Gasteiger partial charge is 0.274 e. The summed E-state index contributed by atoms with van der Waals surface area (Å²) < 4.78 is 25.6. The summed E-state index contributed by atoms with van der Waals surface area (Å²) in [6, 6.07) is 11.6. The van der Waals surface area contributed by atoms with E-state index in [2.05, 4.69) is 4.98 Å². The molecule has 1 aliphatic rings. The van der Waals surface area contributed by atoms with Gasteiger partial charge in [-0.3, -0.25) is 4.79 Å². The van der Waals surface area contributed by atoms with Crippen molar-refractivity contribution in [3.63, 3.8) is 0 Å². The van der Waals surface area contributed by atoms with Gasteiger partial charge in [0, 0.05) is 37.6 Å². The first-order chi connectivity index (χ1) is 13.1. The molecule has 0 N–H and O–H groups in total. The van der Waals surface area contributed by atoms with Gasteiger partial charge < -0.3 is 14.4 Å². The molecule has 140 valence electrons. The molecule has 1 amide bonds. The van der Waals surface area contributed by atoms with Crippen LogP contribution in [0.4, 0.5) is 4.39 Å². The van der Waals surface area contributed by atoms with Crippen LogP contribution in [-0.2, 0) is 0 Å². The van der Waals surface area contributed by atoms with Crippen LogP contribution in [0.25, 0.3) is 10.2 Å². The number of hydrogen-bond acceptors (Lipinski definition) is 5. The first-order valence-electron chi connectivity index (χ1n) is 8.78. The molecule has 1 aromatic heterocycles. The van der Waals surface area contributed by atoms with Crippen molar-refractivity contribution in [3.8, 4) is 10.9 Å².